The first kappa shape index (κ1) is 97.4. The molecule has 3 saturated heterocycles. The van der Waals surface area contributed by atoms with Gasteiger partial charge in [-0.1, -0.05) is 344 Å². The summed E-state index contributed by atoms with van der Waals surface area (Å²) in [5.74, 6) is -0.246. The molecule has 19 heteroatoms. The van der Waals surface area contributed by atoms with Crippen molar-refractivity contribution in [3.05, 3.63) is 72.9 Å². The molecule has 17 unspecified atom stereocenters. The fraction of sp³-hybridized carbons (Fsp3) is 0.851. The number of hydrogen-bond acceptors (Lipinski definition) is 18. The van der Waals surface area contributed by atoms with Crippen LogP contribution in [0.5, 0.6) is 0 Å². The average molecular weight is 1510 g/mol. The number of rotatable bonds is 69. The molecule has 0 aliphatic carbocycles. The topological polar surface area (TPSA) is 307 Å². The van der Waals surface area contributed by atoms with Crippen molar-refractivity contribution in [2.75, 3.05) is 26.4 Å². The molecule has 19 nitrogen and oxygen atoms in total. The Bertz CT molecular complexity index is 2190. The molecule has 3 fully saturated rings. The molecule has 17 atom stereocenters. The second-order valence-electron chi connectivity index (χ2n) is 30.6. The van der Waals surface area contributed by atoms with Gasteiger partial charge in [-0.3, -0.25) is 4.79 Å². The van der Waals surface area contributed by atoms with E-state index in [4.69, 9.17) is 28.4 Å². The molecule has 3 aliphatic rings. The molecule has 3 aliphatic heterocycles. The normalized spacial score (nSPS) is 26.0. The third-order valence-electron chi connectivity index (χ3n) is 21.3. The Labute approximate surface area is 642 Å². The van der Waals surface area contributed by atoms with Crippen LogP contribution in [0.4, 0.5) is 0 Å². The molecule has 0 aromatic heterocycles. The predicted octanol–water partition coefficient (Wildman–Crippen LogP) is 15.6. The van der Waals surface area contributed by atoms with E-state index in [1.54, 1.807) is 0 Å². The van der Waals surface area contributed by atoms with E-state index in [0.717, 1.165) is 96.3 Å². The first-order valence-electron chi connectivity index (χ1n) is 43.2. The van der Waals surface area contributed by atoms with Crippen molar-refractivity contribution < 1.29 is 89.4 Å². The molecule has 3 heterocycles. The molecule has 3 rings (SSSR count). The number of carbonyl (C=O) groups excluding carboxylic acids is 1. The van der Waals surface area contributed by atoms with Crippen molar-refractivity contribution in [3.63, 3.8) is 0 Å². The zero-order valence-electron chi connectivity index (χ0n) is 66.4. The predicted molar refractivity (Wildman–Crippen MR) is 425 cm³/mol. The van der Waals surface area contributed by atoms with E-state index in [9.17, 15) is 61.0 Å². The van der Waals surface area contributed by atoms with Crippen LogP contribution >= 0.6 is 0 Å². The maximum absolute atomic E-state index is 13.5. The lowest BCUT2D eigenvalue weighted by molar-refractivity contribution is -0.379. The molecule has 0 radical (unpaired) electrons. The number of unbranched alkanes of at least 4 members (excludes halogenated alkanes) is 41. The molecule has 0 bridgehead atoms. The minimum absolute atomic E-state index is 0.246. The molecular weight excluding hydrogens is 1350 g/mol. The van der Waals surface area contributed by atoms with Crippen LogP contribution in [0, 0.1) is 0 Å². The van der Waals surface area contributed by atoms with Crippen molar-refractivity contribution in [1.82, 2.24) is 5.32 Å². The highest BCUT2D eigenvalue weighted by molar-refractivity contribution is 5.76. The Morgan fingerprint density at radius 2 is 0.651 bits per heavy atom. The standard InChI is InChI=1S/C87H157NO18/c1-3-5-7-9-11-13-15-17-19-21-23-25-27-29-31-33-34-35-37-38-40-42-44-46-48-50-52-54-56-58-60-62-64-71(92)70(88-75(93)65-63-61-59-57-55-53-51-49-47-45-43-41-39-36-32-30-28-26-24-22-20-18-16-14-12-10-8-6-4-2)69-101-85-81(99)78(96)83(73(67-90)103-85)106-87-82(100)79(97)84(74(68-91)104-87)105-86-80(98)77(95)76(94)72(66-89)102-86/h6,8,12,14,18,20,24,26,30,32,39,41,70-74,76-87,89-92,94-100H,3-5,7,9-11,13,15-17,19,21-23,25,27-29,31,33-38,40,42-69H2,1-2H3,(H,88,93)/b8-6-,14-12-,20-18-,26-24-,32-30-,41-39-. The van der Waals surface area contributed by atoms with Crippen molar-refractivity contribution in [3.8, 4) is 0 Å². The number of aliphatic hydroxyl groups is 11. The second-order valence-corrected chi connectivity index (χ2v) is 30.6. The van der Waals surface area contributed by atoms with Gasteiger partial charge in [0, 0.05) is 6.42 Å². The fourth-order valence-electron chi connectivity index (χ4n) is 14.4. The molecule has 106 heavy (non-hydrogen) atoms. The van der Waals surface area contributed by atoms with Crippen LogP contribution < -0.4 is 5.32 Å². The summed E-state index contributed by atoms with van der Waals surface area (Å²) in [6.07, 6.45) is 61.4. The second kappa shape index (κ2) is 66.8. The third-order valence-corrected chi connectivity index (χ3v) is 21.3. The Hall–Kier alpha value is -2.77. The van der Waals surface area contributed by atoms with Crippen LogP contribution in [0.25, 0.3) is 0 Å². The molecule has 618 valence electrons. The van der Waals surface area contributed by atoms with E-state index in [1.165, 1.54) is 212 Å². The summed E-state index contributed by atoms with van der Waals surface area (Å²) in [7, 11) is 0. The minimum Gasteiger partial charge on any atom is -0.394 e. The van der Waals surface area contributed by atoms with Crippen LogP contribution in [-0.4, -0.2) is 193 Å². The van der Waals surface area contributed by atoms with Crippen LogP contribution in [0.2, 0.25) is 0 Å². The van der Waals surface area contributed by atoms with Crippen LogP contribution in [-0.2, 0) is 33.2 Å². The number of nitrogens with one attached hydrogen (secondary N) is 1. The number of aliphatic hydroxyl groups excluding tert-OH is 11. The molecular formula is C87H157NO18. The van der Waals surface area contributed by atoms with Gasteiger partial charge in [0.05, 0.1) is 38.6 Å². The summed E-state index contributed by atoms with van der Waals surface area (Å²) < 4.78 is 34.6. The van der Waals surface area contributed by atoms with Crippen LogP contribution in [0.15, 0.2) is 72.9 Å². The van der Waals surface area contributed by atoms with E-state index in [2.05, 4.69) is 92.1 Å². The minimum atomic E-state index is -1.98. The first-order chi connectivity index (χ1) is 51.8. The van der Waals surface area contributed by atoms with Gasteiger partial charge in [0.2, 0.25) is 5.91 Å². The number of amides is 1. The van der Waals surface area contributed by atoms with Gasteiger partial charge in [-0.15, -0.1) is 0 Å². The third kappa shape index (κ3) is 45.7. The lowest BCUT2D eigenvalue weighted by atomic mass is 9.96. The van der Waals surface area contributed by atoms with Gasteiger partial charge < -0.3 is 89.9 Å². The van der Waals surface area contributed by atoms with E-state index >= 15 is 0 Å². The molecule has 0 aromatic rings. The lowest BCUT2D eigenvalue weighted by Crippen LogP contribution is -2.66. The summed E-state index contributed by atoms with van der Waals surface area (Å²) in [6, 6.07) is -0.896. The van der Waals surface area contributed by atoms with Gasteiger partial charge in [-0.2, -0.15) is 0 Å². The van der Waals surface area contributed by atoms with Gasteiger partial charge in [-0.05, 0) is 64.2 Å². The van der Waals surface area contributed by atoms with Crippen molar-refractivity contribution in [2.24, 2.45) is 0 Å². The molecule has 0 aromatic carbocycles. The highest BCUT2D eigenvalue weighted by Crippen LogP contribution is 2.33. The molecule has 0 spiro atoms. The first-order valence-corrected chi connectivity index (χ1v) is 43.2. The SMILES string of the molecule is CC/C=C\C/C=C\C/C=C\C/C=C\C/C=C\C/C=C\CCCCCCCCCCCCC(=O)NC(COC1OC(CO)C(OC2OC(CO)C(OC3OC(CO)C(O)C(O)C3O)C(O)C2O)C(O)C1O)C(O)CCCCCCCCCCCCCCCCCCCCCCCCCCCCCCCCCC. The quantitative estimate of drug-likeness (QED) is 0.0199. The molecule has 0 saturated carbocycles. The van der Waals surface area contributed by atoms with Gasteiger partial charge in [-0.25, -0.2) is 0 Å². The van der Waals surface area contributed by atoms with Crippen molar-refractivity contribution in [2.45, 2.75) is 446 Å². The van der Waals surface area contributed by atoms with Gasteiger partial charge in [0.25, 0.3) is 0 Å². The summed E-state index contributed by atoms with van der Waals surface area (Å²) in [4.78, 5) is 13.5. The highest BCUT2D eigenvalue weighted by atomic mass is 16.8. The van der Waals surface area contributed by atoms with Crippen LogP contribution in [0.3, 0.4) is 0 Å². The number of ether oxygens (including phenoxy) is 6. The molecule has 12 N–H and O–H groups in total. The summed E-state index contributed by atoms with van der Waals surface area (Å²) in [5.41, 5.74) is 0. The average Bonchev–Trinajstić information content (AvgIpc) is 0.781. The Balaban J connectivity index is 1.35. The summed E-state index contributed by atoms with van der Waals surface area (Å²) in [5, 5.41) is 121. The van der Waals surface area contributed by atoms with Crippen molar-refractivity contribution >= 4 is 5.91 Å². The maximum Gasteiger partial charge on any atom is 0.220 e. The highest BCUT2D eigenvalue weighted by Gasteiger charge is 2.54. The summed E-state index contributed by atoms with van der Waals surface area (Å²) in [6.45, 7) is 1.73. The van der Waals surface area contributed by atoms with Crippen molar-refractivity contribution in [1.29, 1.82) is 0 Å². The van der Waals surface area contributed by atoms with Gasteiger partial charge in [0.15, 0.2) is 18.9 Å². The van der Waals surface area contributed by atoms with E-state index in [0.29, 0.717) is 12.8 Å². The largest absolute Gasteiger partial charge is 0.394 e. The summed E-state index contributed by atoms with van der Waals surface area (Å²) >= 11 is 0. The van der Waals surface area contributed by atoms with Gasteiger partial charge in [0.1, 0.15) is 73.2 Å². The van der Waals surface area contributed by atoms with E-state index in [1.807, 2.05) is 0 Å². The Morgan fingerprint density at radius 1 is 0.349 bits per heavy atom. The van der Waals surface area contributed by atoms with Crippen LogP contribution in [0.1, 0.15) is 341 Å². The number of allylic oxidation sites excluding steroid dienone is 12. The smallest absolute Gasteiger partial charge is 0.220 e. The zero-order valence-corrected chi connectivity index (χ0v) is 66.4. The monoisotopic (exact) mass is 1500 g/mol. The number of carbonyl (C=O) groups is 1. The molecule has 1 amide bonds. The lowest BCUT2D eigenvalue weighted by Gasteiger charge is -2.48. The zero-order chi connectivity index (χ0) is 76.7. The maximum atomic E-state index is 13.5. The van der Waals surface area contributed by atoms with Gasteiger partial charge >= 0.3 is 0 Å². The van der Waals surface area contributed by atoms with E-state index in [-0.39, 0.29) is 18.9 Å². The Kier molecular flexibility index (Phi) is 61.4. The Morgan fingerprint density at radius 3 is 1.02 bits per heavy atom. The number of hydrogen-bond donors (Lipinski definition) is 12. The fourth-order valence-corrected chi connectivity index (χ4v) is 14.4. The van der Waals surface area contributed by atoms with E-state index < -0.39 is 124 Å².